The Morgan fingerprint density at radius 3 is 2.62 bits per heavy atom. The fourth-order valence-electron chi connectivity index (χ4n) is 1.05. The van der Waals surface area contributed by atoms with Crippen LogP contribution < -0.4 is 5.32 Å². The fourth-order valence-corrected chi connectivity index (χ4v) is 1.57. The van der Waals surface area contributed by atoms with Crippen LogP contribution in [-0.4, -0.2) is 23.0 Å². The van der Waals surface area contributed by atoms with Gasteiger partial charge in [0.2, 0.25) is 0 Å². The number of carbonyl (C=O) groups is 2. The molecule has 0 aliphatic rings. The molecule has 1 rings (SSSR count). The molecule has 0 heterocycles. The zero-order valence-electron chi connectivity index (χ0n) is 8.33. The van der Waals surface area contributed by atoms with Gasteiger partial charge in [-0.05, 0) is 35.0 Å². The second-order valence-electron chi connectivity index (χ2n) is 3.13. The summed E-state index contributed by atoms with van der Waals surface area (Å²) in [6.07, 6.45) is 0. The zero-order valence-corrected chi connectivity index (χ0v) is 9.92. The van der Waals surface area contributed by atoms with Crippen molar-refractivity contribution in [1.82, 2.24) is 5.32 Å². The van der Waals surface area contributed by atoms with Gasteiger partial charge in [-0.1, -0.05) is 6.07 Å². The van der Waals surface area contributed by atoms with Crippen molar-refractivity contribution in [3.63, 3.8) is 0 Å². The first-order valence-corrected chi connectivity index (χ1v) is 5.20. The predicted octanol–water partition coefficient (Wildman–Crippen LogP) is 1.79. The molecule has 0 aliphatic carbocycles. The van der Waals surface area contributed by atoms with Gasteiger partial charge in [-0.15, -0.1) is 0 Å². The standard InChI is InChI=1S/C10H9BrFNO3/c1-5(10(15)16)13-9(14)8-6(11)3-2-4-7(8)12/h2-5H,1H3,(H,13,14)(H,15,16)/t5-/m0/s1. The Hall–Kier alpha value is -1.43. The predicted molar refractivity (Wildman–Crippen MR) is 58.7 cm³/mol. The number of halogens is 2. The van der Waals surface area contributed by atoms with Crippen LogP contribution in [0, 0.1) is 5.82 Å². The molecule has 6 heteroatoms. The molecule has 1 amide bonds. The molecule has 2 N–H and O–H groups in total. The number of hydrogen-bond donors (Lipinski definition) is 2. The fraction of sp³-hybridized carbons (Fsp3) is 0.200. The minimum atomic E-state index is -1.18. The van der Waals surface area contributed by atoms with E-state index in [1.54, 1.807) is 0 Å². The quantitative estimate of drug-likeness (QED) is 0.892. The largest absolute Gasteiger partial charge is 0.480 e. The van der Waals surface area contributed by atoms with Crippen LogP contribution in [0.2, 0.25) is 0 Å². The highest BCUT2D eigenvalue weighted by Crippen LogP contribution is 2.19. The van der Waals surface area contributed by atoms with Gasteiger partial charge in [0.05, 0.1) is 5.56 Å². The van der Waals surface area contributed by atoms with Gasteiger partial charge in [-0.25, -0.2) is 4.39 Å². The van der Waals surface area contributed by atoms with Gasteiger partial charge in [0.25, 0.3) is 5.91 Å². The van der Waals surface area contributed by atoms with E-state index in [-0.39, 0.29) is 10.0 Å². The van der Waals surface area contributed by atoms with E-state index in [9.17, 15) is 14.0 Å². The van der Waals surface area contributed by atoms with Crippen LogP contribution >= 0.6 is 15.9 Å². The van der Waals surface area contributed by atoms with Crippen molar-refractivity contribution >= 4 is 27.8 Å². The summed E-state index contributed by atoms with van der Waals surface area (Å²) in [5.41, 5.74) is -0.199. The average molecular weight is 290 g/mol. The summed E-state index contributed by atoms with van der Waals surface area (Å²) in [6.45, 7) is 1.30. The minimum absolute atomic E-state index is 0.199. The Morgan fingerprint density at radius 2 is 2.12 bits per heavy atom. The number of carbonyl (C=O) groups excluding carboxylic acids is 1. The van der Waals surface area contributed by atoms with Gasteiger partial charge >= 0.3 is 5.97 Å². The highest BCUT2D eigenvalue weighted by molar-refractivity contribution is 9.10. The minimum Gasteiger partial charge on any atom is -0.480 e. The van der Waals surface area contributed by atoms with E-state index >= 15 is 0 Å². The van der Waals surface area contributed by atoms with Crippen molar-refractivity contribution in [2.24, 2.45) is 0 Å². The van der Waals surface area contributed by atoms with Crippen LogP contribution in [0.1, 0.15) is 17.3 Å². The van der Waals surface area contributed by atoms with Gasteiger partial charge in [0.15, 0.2) is 0 Å². The van der Waals surface area contributed by atoms with Crippen molar-refractivity contribution in [3.8, 4) is 0 Å². The number of carboxylic acid groups (broad SMARTS) is 1. The SMILES string of the molecule is C[C@H](NC(=O)c1c(F)cccc1Br)C(=O)O. The molecule has 0 aliphatic heterocycles. The van der Waals surface area contributed by atoms with Gasteiger partial charge < -0.3 is 10.4 Å². The molecule has 4 nitrogen and oxygen atoms in total. The van der Waals surface area contributed by atoms with E-state index in [0.29, 0.717) is 0 Å². The zero-order chi connectivity index (χ0) is 12.3. The summed E-state index contributed by atoms with van der Waals surface area (Å²) in [5.74, 6) is -2.65. The first kappa shape index (κ1) is 12.6. The third kappa shape index (κ3) is 2.79. The van der Waals surface area contributed by atoms with Gasteiger partial charge in [0.1, 0.15) is 11.9 Å². The van der Waals surface area contributed by atoms with Crippen molar-refractivity contribution in [1.29, 1.82) is 0 Å². The third-order valence-electron chi connectivity index (χ3n) is 1.91. The van der Waals surface area contributed by atoms with Crippen LogP contribution in [0.15, 0.2) is 22.7 Å². The highest BCUT2D eigenvalue weighted by atomic mass is 79.9. The number of benzene rings is 1. The summed E-state index contributed by atoms with van der Waals surface area (Å²) >= 11 is 3.03. The third-order valence-corrected chi connectivity index (χ3v) is 2.57. The molecular formula is C10H9BrFNO3. The molecule has 86 valence electrons. The van der Waals surface area contributed by atoms with Crippen LogP contribution in [0.25, 0.3) is 0 Å². The van der Waals surface area contributed by atoms with Crippen molar-refractivity contribution in [2.45, 2.75) is 13.0 Å². The summed E-state index contributed by atoms with van der Waals surface area (Å²) < 4.78 is 13.6. The number of amides is 1. The summed E-state index contributed by atoms with van der Waals surface area (Å²) in [4.78, 5) is 22.1. The van der Waals surface area contributed by atoms with E-state index in [1.165, 1.54) is 19.1 Å². The molecule has 0 aromatic heterocycles. The number of rotatable bonds is 3. The molecule has 16 heavy (non-hydrogen) atoms. The maximum absolute atomic E-state index is 13.3. The molecule has 0 saturated heterocycles. The smallest absolute Gasteiger partial charge is 0.325 e. The Labute approximate surface area is 99.6 Å². The Kier molecular flexibility index (Phi) is 4.00. The number of nitrogens with one attached hydrogen (secondary N) is 1. The monoisotopic (exact) mass is 289 g/mol. The molecule has 1 atom stereocenters. The topological polar surface area (TPSA) is 66.4 Å². The summed E-state index contributed by atoms with van der Waals surface area (Å²) in [7, 11) is 0. The van der Waals surface area contributed by atoms with Gasteiger partial charge in [-0.2, -0.15) is 0 Å². The lowest BCUT2D eigenvalue weighted by Crippen LogP contribution is -2.38. The Balaban J connectivity index is 2.93. The molecule has 1 aromatic rings. The van der Waals surface area contributed by atoms with E-state index in [1.807, 2.05) is 0 Å². The van der Waals surface area contributed by atoms with Crippen molar-refractivity contribution in [2.75, 3.05) is 0 Å². The van der Waals surface area contributed by atoms with E-state index in [4.69, 9.17) is 5.11 Å². The Bertz CT molecular complexity index is 416. The lowest BCUT2D eigenvalue weighted by atomic mass is 10.2. The first-order valence-electron chi connectivity index (χ1n) is 4.41. The molecule has 0 saturated carbocycles. The first-order chi connectivity index (χ1) is 7.43. The maximum Gasteiger partial charge on any atom is 0.325 e. The van der Waals surface area contributed by atoms with E-state index in [2.05, 4.69) is 21.2 Å². The van der Waals surface area contributed by atoms with E-state index < -0.39 is 23.7 Å². The van der Waals surface area contributed by atoms with Crippen molar-refractivity contribution < 1.29 is 19.1 Å². The Morgan fingerprint density at radius 1 is 1.50 bits per heavy atom. The van der Waals surface area contributed by atoms with E-state index in [0.717, 1.165) is 6.07 Å². The van der Waals surface area contributed by atoms with Gasteiger partial charge in [0, 0.05) is 4.47 Å². The summed E-state index contributed by atoms with van der Waals surface area (Å²) in [5, 5.41) is 10.8. The normalized spacial score (nSPS) is 11.9. The lowest BCUT2D eigenvalue weighted by molar-refractivity contribution is -0.138. The lowest BCUT2D eigenvalue weighted by Gasteiger charge is -2.10. The summed E-state index contributed by atoms with van der Waals surface area (Å²) in [6, 6.07) is 3.00. The van der Waals surface area contributed by atoms with Crippen LogP contribution in [0.3, 0.4) is 0 Å². The number of carboxylic acids is 1. The average Bonchev–Trinajstić information content (AvgIpc) is 2.16. The molecule has 0 fully saturated rings. The molecule has 0 radical (unpaired) electrons. The molecular weight excluding hydrogens is 281 g/mol. The van der Waals surface area contributed by atoms with Crippen molar-refractivity contribution in [3.05, 3.63) is 34.1 Å². The second kappa shape index (κ2) is 5.07. The number of aliphatic carboxylic acids is 1. The molecule has 0 bridgehead atoms. The highest BCUT2D eigenvalue weighted by Gasteiger charge is 2.19. The second-order valence-corrected chi connectivity index (χ2v) is 3.98. The molecule has 0 spiro atoms. The van der Waals surface area contributed by atoms with Gasteiger partial charge in [-0.3, -0.25) is 9.59 Å². The van der Waals surface area contributed by atoms with Crippen LogP contribution in [0.4, 0.5) is 4.39 Å². The molecule has 0 unspecified atom stereocenters. The molecule has 1 aromatic carbocycles. The maximum atomic E-state index is 13.3. The number of hydrogen-bond acceptors (Lipinski definition) is 2. The van der Waals surface area contributed by atoms with Crippen LogP contribution in [-0.2, 0) is 4.79 Å². The van der Waals surface area contributed by atoms with Crippen LogP contribution in [0.5, 0.6) is 0 Å².